The van der Waals surface area contributed by atoms with Crippen LogP contribution in [0.2, 0.25) is 0 Å². The van der Waals surface area contributed by atoms with Gasteiger partial charge in [-0.05, 0) is 19.3 Å². The number of unbranched alkanes of at least 4 members (excludes halogenated alkanes) is 29. The van der Waals surface area contributed by atoms with Gasteiger partial charge in [0.05, 0.1) is 19.3 Å². The Hall–Kier alpha value is -0.200. The Morgan fingerprint density at radius 3 is 1.08 bits per heavy atom. The van der Waals surface area contributed by atoms with Crippen molar-refractivity contribution in [2.24, 2.45) is 0 Å². The largest absolute Gasteiger partial charge is 0.382 e. The van der Waals surface area contributed by atoms with Gasteiger partial charge in [0.25, 0.3) is 0 Å². The second kappa shape index (κ2) is 43.0. The Balaban J connectivity index is 3.97. The number of ether oxygens (including phenoxy) is 3. The highest BCUT2D eigenvalue weighted by Crippen LogP contribution is 2.19. The monoisotopic (exact) mass is 684 g/mol. The normalized spacial score (nSPS) is 13.0. The number of aliphatic hydroxyl groups is 1. The summed E-state index contributed by atoms with van der Waals surface area (Å²) in [5, 5.41) is 13.7. The van der Waals surface area contributed by atoms with Crippen molar-refractivity contribution in [3.63, 3.8) is 0 Å². The lowest BCUT2D eigenvalue weighted by atomic mass is 10.0. The highest BCUT2D eigenvalue weighted by molar-refractivity contribution is 4.62. The van der Waals surface area contributed by atoms with Crippen LogP contribution in [0.25, 0.3) is 0 Å². The van der Waals surface area contributed by atoms with Gasteiger partial charge in [-0.3, -0.25) is 5.32 Å². The predicted molar refractivity (Wildman–Crippen MR) is 210 cm³/mol. The molecule has 0 rings (SSSR count). The highest BCUT2D eigenvalue weighted by atomic mass is 16.6. The van der Waals surface area contributed by atoms with E-state index in [4.69, 9.17) is 14.2 Å². The van der Waals surface area contributed by atoms with Crippen LogP contribution in [-0.4, -0.2) is 51.1 Å². The van der Waals surface area contributed by atoms with Gasteiger partial charge in [0.2, 0.25) is 6.41 Å². The van der Waals surface area contributed by atoms with Crippen LogP contribution in [-0.2, 0) is 14.2 Å². The van der Waals surface area contributed by atoms with Crippen LogP contribution in [0, 0.1) is 0 Å². The average Bonchev–Trinajstić information content (AvgIpc) is 3.09. The van der Waals surface area contributed by atoms with E-state index in [9.17, 15) is 5.11 Å². The summed E-state index contributed by atoms with van der Waals surface area (Å²) in [7, 11) is 1.69. The van der Waals surface area contributed by atoms with Crippen molar-refractivity contribution in [1.82, 2.24) is 5.32 Å². The number of aliphatic hydroxyl groups excluding tert-OH is 1. The molecule has 0 aromatic rings. The summed E-state index contributed by atoms with van der Waals surface area (Å²) in [6, 6.07) is 0. The Kier molecular flexibility index (Phi) is 42.8. The van der Waals surface area contributed by atoms with Crippen molar-refractivity contribution in [2.45, 2.75) is 245 Å². The van der Waals surface area contributed by atoms with Gasteiger partial charge in [0, 0.05) is 20.3 Å². The fourth-order valence-electron chi connectivity index (χ4n) is 6.82. The summed E-state index contributed by atoms with van der Waals surface area (Å²) in [6.07, 6.45) is 45.4. The molecule has 0 heterocycles. The van der Waals surface area contributed by atoms with E-state index in [1.165, 1.54) is 199 Å². The first kappa shape index (κ1) is 47.8. The molecule has 0 aromatic carbocycles. The summed E-state index contributed by atoms with van der Waals surface area (Å²) in [5.74, 6) is 0. The van der Waals surface area contributed by atoms with E-state index in [2.05, 4.69) is 19.2 Å². The number of methoxy groups -OCH3 is 1. The van der Waals surface area contributed by atoms with Crippen LogP contribution < -0.4 is 5.32 Å². The fourth-order valence-corrected chi connectivity index (χ4v) is 6.82. The van der Waals surface area contributed by atoms with E-state index in [1.54, 1.807) is 7.11 Å². The molecule has 290 valence electrons. The molecule has 0 aliphatic heterocycles. The first-order valence-electron chi connectivity index (χ1n) is 21.9. The molecule has 0 fully saturated rings. The van der Waals surface area contributed by atoms with Gasteiger partial charge in [0.15, 0.2) is 0 Å². The Labute approximate surface area is 302 Å². The Morgan fingerprint density at radius 2 is 0.750 bits per heavy atom. The molecule has 0 radical (unpaired) electrons. The van der Waals surface area contributed by atoms with Crippen molar-refractivity contribution in [2.75, 3.05) is 33.5 Å². The maximum atomic E-state index is 10.5. The molecule has 0 aromatic heterocycles. The first-order valence-corrected chi connectivity index (χ1v) is 21.9. The zero-order chi connectivity index (χ0) is 34.9. The van der Waals surface area contributed by atoms with Gasteiger partial charge in [-0.1, -0.05) is 213 Å². The van der Waals surface area contributed by atoms with Crippen molar-refractivity contribution < 1.29 is 19.3 Å². The molecule has 0 saturated carbocycles. The van der Waals surface area contributed by atoms with Gasteiger partial charge < -0.3 is 19.3 Å². The third-order valence-electron chi connectivity index (χ3n) is 10.0. The van der Waals surface area contributed by atoms with Gasteiger partial charge >= 0.3 is 0 Å². The molecule has 0 aliphatic carbocycles. The van der Waals surface area contributed by atoms with Crippen LogP contribution in [0.3, 0.4) is 0 Å². The highest BCUT2D eigenvalue weighted by Gasteiger charge is 2.14. The fraction of sp³-hybridized carbons (Fsp3) is 1.00. The standard InChI is InChI=1S/C43H89NO4/c1-4-6-8-10-12-14-16-18-20-22-24-26-28-30-32-34-37-42(48-43(45)44-38-35-39-47-41-40-46-3)36-33-31-29-27-25-23-21-19-17-15-13-11-9-7-5-2/h42-45H,4-41H2,1-3H3. The van der Waals surface area contributed by atoms with Gasteiger partial charge in [-0.15, -0.1) is 0 Å². The quantitative estimate of drug-likeness (QED) is 0.0495. The molecule has 5 heteroatoms. The minimum absolute atomic E-state index is 0.152. The van der Waals surface area contributed by atoms with Crippen molar-refractivity contribution in [3.8, 4) is 0 Å². The molecule has 48 heavy (non-hydrogen) atoms. The maximum absolute atomic E-state index is 10.5. The number of rotatable bonds is 43. The molecule has 5 nitrogen and oxygen atoms in total. The van der Waals surface area contributed by atoms with E-state index in [1.807, 2.05) is 0 Å². The summed E-state index contributed by atoms with van der Waals surface area (Å²) >= 11 is 0. The minimum atomic E-state index is -0.883. The molecule has 2 N–H and O–H groups in total. The zero-order valence-corrected chi connectivity index (χ0v) is 33.2. The molecule has 0 aliphatic rings. The lowest BCUT2D eigenvalue weighted by Crippen LogP contribution is -2.36. The molecule has 0 saturated heterocycles. The lowest BCUT2D eigenvalue weighted by Gasteiger charge is -2.22. The number of hydrogen-bond donors (Lipinski definition) is 2. The van der Waals surface area contributed by atoms with Crippen molar-refractivity contribution in [1.29, 1.82) is 0 Å². The molecule has 0 bridgehead atoms. The summed E-state index contributed by atoms with van der Waals surface area (Å²) < 4.78 is 16.7. The zero-order valence-electron chi connectivity index (χ0n) is 33.2. The molecule has 2 unspecified atom stereocenters. The third-order valence-corrected chi connectivity index (χ3v) is 10.0. The Bertz CT molecular complexity index is 563. The summed E-state index contributed by atoms with van der Waals surface area (Å²) in [5.41, 5.74) is 0. The second-order valence-electron chi connectivity index (χ2n) is 14.9. The smallest absolute Gasteiger partial charge is 0.213 e. The van der Waals surface area contributed by atoms with Crippen molar-refractivity contribution >= 4 is 0 Å². The average molecular weight is 684 g/mol. The van der Waals surface area contributed by atoms with Crippen LogP contribution in [0.15, 0.2) is 0 Å². The third kappa shape index (κ3) is 40.2. The number of nitrogens with one attached hydrogen (secondary N) is 1. The lowest BCUT2D eigenvalue weighted by molar-refractivity contribution is -0.158. The molecular formula is C43H89NO4. The van der Waals surface area contributed by atoms with Crippen LogP contribution >= 0.6 is 0 Å². The molecule has 2 atom stereocenters. The summed E-state index contributed by atoms with van der Waals surface area (Å²) in [6.45, 7) is 7.20. The van der Waals surface area contributed by atoms with E-state index in [0.29, 0.717) is 26.4 Å². The van der Waals surface area contributed by atoms with Gasteiger partial charge in [-0.2, -0.15) is 0 Å². The minimum Gasteiger partial charge on any atom is -0.382 e. The van der Waals surface area contributed by atoms with Crippen LogP contribution in [0.1, 0.15) is 232 Å². The van der Waals surface area contributed by atoms with E-state index in [0.717, 1.165) is 19.3 Å². The second-order valence-corrected chi connectivity index (χ2v) is 14.9. The van der Waals surface area contributed by atoms with Crippen molar-refractivity contribution in [3.05, 3.63) is 0 Å². The maximum Gasteiger partial charge on any atom is 0.213 e. The Morgan fingerprint density at radius 1 is 0.417 bits per heavy atom. The van der Waals surface area contributed by atoms with Crippen LogP contribution in [0.5, 0.6) is 0 Å². The molecule has 0 amide bonds. The predicted octanol–water partition coefficient (Wildman–Crippen LogP) is 13.2. The van der Waals surface area contributed by atoms with E-state index < -0.39 is 6.41 Å². The topological polar surface area (TPSA) is 60.0 Å². The van der Waals surface area contributed by atoms with E-state index in [-0.39, 0.29) is 6.10 Å². The molecule has 0 spiro atoms. The number of hydrogen-bond acceptors (Lipinski definition) is 5. The first-order chi connectivity index (χ1) is 23.7. The molecular weight excluding hydrogens is 594 g/mol. The SMILES string of the molecule is CCCCCCCCCCCCCCCCCCC(CCCCCCCCCCCCCCCCC)OC(O)NCCCOCCOC. The van der Waals surface area contributed by atoms with E-state index >= 15 is 0 Å². The summed E-state index contributed by atoms with van der Waals surface area (Å²) in [4.78, 5) is 0. The van der Waals surface area contributed by atoms with Gasteiger partial charge in [-0.25, -0.2) is 0 Å². The van der Waals surface area contributed by atoms with Crippen LogP contribution in [0.4, 0.5) is 0 Å². The van der Waals surface area contributed by atoms with Gasteiger partial charge in [0.1, 0.15) is 0 Å².